The summed E-state index contributed by atoms with van der Waals surface area (Å²) in [6.45, 7) is 7.23. The first-order chi connectivity index (χ1) is 14.3. The number of carbonyl (C=O) groups is 1. The van der Waals surface area contributed by atoms with Crippen LogP contribution in [-0.2, 0) is 16.6 Å². The van der Waals surface area contributed by atoms with E-state index in [1.807, 2.05) is 13.8 Å². The number of rotatable bonds is 7. The molecule has 3 rings (SSSR count). The quantitative estimate of drug-likeness (QED) is 0.698. The molecule has 30 heavy (non-hydrogen) atoms. The summed E-state index contributed by atoms with van der Waals surface area (Å²) in [6, 6.07) is 9.52. The van der Waals surface area contributed by atoms with Crippen molar-refractivity contribution in [3.63, 3.8) is 0 Å². The van der Waals surface area contributed by atoms with Crippen molar-refractivity contribution in [3.05, 3.63) is 47.1 Å². The highest BCUT2D eigenvalue weighted by Gasteiger charge is 2.24. The third-order valence-electron chi connectivity index (χ3n) is 5.11. The van der Waals surface area contributed by atoms with Crippen molar-refractivity contribution in [2.75, 3.05) is 44.2 Å². The number of anilines is 1. The molecule has 164 valence electrons. The van der Waals surface area contributed by atoms with Crippen LogP contribution in [0.5, 0.6) is 0 Å². The predicted molar refractivity (Wildman–Crippen MR) is 117 cm³/mol. The Labute approximate surface area is 181 Å². The van der Waals surface area contributed by atoms with Gasteiger partial charge in [-0.25, -0.2) is 17.6 Å². The van der Waals surface area contributed by atoms with E-state index in [0.717, 1.165) is 10.6 Å². The summed E-state index contributed by atoms with van der Waals surface area (Å²) in [5.74, 6) is -0.265. The fourth-order valence-electron chi connectivity index (χ4n) is 3.38. The summed E-state index contributed by atoms with van der Waals surface area (Å²) in [4.78, 5) is 17.1. The van der Waals surface area contributed by atoms with Crippen molar-refractivity contribution >= 4 is 33.1 Å². The summed E-state index contributed by atoms with van der Waals surface area (Å²) < 4.78 is 39.9. The van der Waals surface area contributed by atoms with Crippen LogP contribution in [0.3, 0.4) is 0 Å². The van der Waals surface area contributed by atoms with Gasteiger partial charge in [-0.3, -0.25) is 0 Å². The average molecular weight is 455 g/mol. The van der Waals surface area contributed by atoms with E-state index in [4.69, 9.17) is 0 Å². The van der Waals surface area contributed by atoms with E-state index in [2.05, 4.69) is 10.2 Å². The van der Waals surface area contributed by atoms with Crippen LogP contribution in [0.25, 0.3) is 0 Å². The maximum absolute atomic E-state index is 13.1. The van der Waals surface area contributed by atoms with Gasteiger partial charge in [-0.1, -0.05) is 13.8 Å². The minimum Gasteiger partial charge on any atom is -0.368 e. The van der Waals surface area contributed by atoms with Crippen LogP contribution in [0.2, 0.25) is 0 Å². The average Bonchev–Trinajstić information content (AvgIpc) is 3.23. The maximum Gasteiger partial charge on any atom is 0.317 e. The Morgan fingerprint density at radius 2 is 1.70 bits per heavy atom. The Kier molecular flexibility index (Phi) is 7.32. The normalized spacial score (nSPS) is 14.9. The number of thiophene rings is 1. The number of benzene rings is 1. The zero-order valence-corrected chi connectivity index (χ0v) is 18.8. The summed E-state index contributed by atoms with van der Waals surface area (Å²) in [5.41, 5.74) is 0.942. The Balaban J connectivity index is 1.51. The van der Waals surface area contributed by atoms with E-state index in [1.54, 1.807) is 29.2 Å². The third kappa shape index (κ3) is 5.11. The van der Waals surface area contributed by atoms with Gasteiger partial charge in [0.15, 0.2) is 0 Å². The number of nitrogens with one attached hydrogen (secondary N) is 1. The van der Waals surface area contributed by atoms with Crippen molar-refractivity contribution in [1.82, 2.24) is 14.5 Å². The van der Waals surface area contributed by atoms with Crippen molar-refractivity contribution in [2.24, 2.45) is 0 Å². The molecule has 2 heterocycles. The van der Waals surface area contributed by atoms with Crippen LogP contribution in [0.15, 0.2) is 40.6 Å². The van der Waals surface area contributed by atoms with Crippen LogP contribution in [-0.4, -0.2) is 62.9 Å². The van der Waals surface area contributed by atoms with Gasteiger partial charge >= 0.3 is 6.03 Å². The van der Waals surface area contributed by atoms with E-state index in [9.17, 15) is 17.6 Å². The molecule has 1 aromatic heterocycles. The van der Waals surface area contributed by atoms with Gasteiger partial charge < -0.3 is 15.1 Å². The lowest BCUT2D eigenvalue weighted by atomic mass is 10.2. The number of piperazine rings is 1. The zero-order chi connectivity index (χ0) is 21.7. The first-order valence-corrected chi connectivity index (χ1v) is 12.2. The number of halogens is 1. The molecule has 1 aromatic carbocycles. The minimum atomic E-state index is -3.47. The third-order valence-corrected chi connectivity index (χ3v) is 8.71. The zero-order valence-electron chi connectivity index (χ0n) is 17.2. The second kappa shape index (κ2) is 9.76. The van der Waals surface area contributed by atoms with E-state index in [-0.39, 0.29) is 18.4 Å². The van der Waals surface area contributed by atoms with Gasteiger partial charge in [-0.15, -0.1) is 11.3 Å². The molecule has 2 aromatic rings. The lowest BCUT2D eigenvalue weighted by Crippen LogP contribution is -2.51. The van der Waals surface area contributed by atoms with Crippen molar-refractivity contribution in [2.45, 2.75) is 24.6 Å². The Bertz CT molecular complexity index is 951. The van der Waals surface area contributed by atoms with Crippen molar-refractivity contribution in [1.29, 1.82) is 0 Å². The molecule has 1 aliphatic rings. The largest absolute Gasteiger partial charge is 0.368 e. The minimum absolute atomic E-state index is 0.171. The highest BCUT2D eigenvalue weighted by Crippen LogP contribution is 2.25. The molecular weight excluding hydrogens is 427 g/mol. The fourth-order valence-corrected chi connectivity index (χ4v) is 6.28. The second-order valence-corrected chi connectivity index (χ2v) is 10.3. The number of hydrogen-bond donors (Lipinski definition) is 1. The molecule has 1 fully saturated rings. The first-order valence-electron chi connectivity index (χ1n) is 9.97. The van der Waals surface area contributed by atoms with Crippen molar-refractivity contribution in [3.8, 4) is 0 Å². The monoisotopic (exact) mass is 454 g/mol. The molecule has 0 saturated carbocycles. The molecule has 1 saturated heterocycles. The number of amides is 2. The number of urea groups is 1. The molecule has 7 nitrogen and oxygen atoms in total. The number of hydrogen-bond acceptors (Lipinski definition) is 5. The molecule has 0 spiro atoms. The SMILES string of the molecule is CCN(CC)S(=O)(=O)c1ccc(CNC(=O)N2CCN(c3ccc(F)cc3)CC2)s1. The van der Waals surface area contributed by atoms with Gasteiger partial charge in [0.25, 0.3) is 10.0 Å². The highest BCUT2D eigenvalue weighted by atomic mass is 32.2. The van der Waals surface area contributed by atoms with Gasteiger partial charge in [0, 0.05) is 49.8 Å². The lowest BCUT2D eigenvalue weighted by molar-refractivity contribution is 0.194. The number of nitrogens with zero attached hydrogens (tertiary/aromatic N) is 3. The summed E-state index contributed by atoms with van der Waals surface area (Å²) >= 11 is 1.18. The van der Waals surface area contributed by atoms with Crippen LogP contribution in [0, 0.1) is 5.82 Å². The first kappa shape index (κ1) is 22.5. The molecule has 2 amide bonds. The molecule has 10 heteroatoms. The topological polar surface area (TPSA) is 73.0 Å². The van der Waals surface area contributed by atoms with Gasteiger partial charge in [0.05, 0.1) is 6.54 Å². The lowest BCUT2D eigenvalue weighted by Gasteiger charge is -2.36. The summed E-state index contributed by atoms with van der Waals surface area (Å²) in [6.07, 6.45) is 0. The fraction of sp³-hybridized carbons (Fsp3) is 0.450. The van der Waals surface area contributed by atoms with Gasteiger partial charge in [-0.2, -0.15) is 4.31 Å². The second-order valence-electron chi connectivity index (χ2n) is 6.92. The van der Waals surface area contributed by atoms with E-state index in [1.165, 1.54) is 27.8 Å². The predicted octanol–water partition coefficient (Wildman–Crippen LogP) is 2.95. The number of carbonyl (C=O) groups excluding carboxylic acids is 1. The Morgan fingerprint density at radius 1 is 1.07 bits per heavy atom. The van der Waals surface area contributed by atoms with E-state index in [0.29, 0.717) is 43.5 Å². The Hall–Kier alpha value is -2.17. The molecule has 0 atom stereocenters. The molecule has 1 aliphatic heterocycles. The molecule has 0 aliphatic carbocycles. The molecule has 0 bridgehead atoms. The van der Waals surface area contributed by atoms with Crippen LogP contribution in [0.1, 0.15) is 18.7 Å². The summed E-state index contributed by atoms with van der Waals surface area (Å²) in [5, 5.41) is 2.87. The molecule has 0 radical (unpaired) electrons. The smallest absolute Gasteiger partial charge is 0.317 e. The standard InChI is InChI=1S/C20H27FN4O3S2/c1-3-25(4-2)30(27,28)19-10-9-18(29-19)15-22-20(26)24-13-11-23(12-14-24)17-7-5-16(21)6-8-17/h5-10H,3-4,11-15H2,1-2H3,(H,22,26). The van der Waals surface area contributed by atoms with E-state index >= 15 is 0 Å². The van der Waals surface area contributed by atoms with Crippen LogP contribution >= 0.6 is 11.3 Å². The van der Waals surface area contributed by atoms with Gasteiger partial charge in [0.1, 0.15) is 10.0 Å². The van der Waals surface area contributed by atoms with Crippen LogP contribution < -0.4 is 10.2 Å². The van der Waals surface area contributed by atoms with Crippen LogP contribution in [0.4, 0.5) is 14.9 Å². The highest BCUT2D eigenvalue weighted by molar-refractivity contribution is 7.91. The molecular formula is C20H27FN4O3S2. The number of sulfonamides is 1. The molecule has 0 unspecified atom stereocenters. The molecule has 1 N–H and O–H groups in total. The Morgan fingerprint density at radius 3 is 2.30 bits per heavy atom. The summed E-state index contributed by atoms with van der Waals surface area (Å²) in [7, 11) is -3.47. The van der Waals surface area contributed by atoms with Gasteiger partial charge in [0.2, 0.25) is 0 Å². The van der Waals surface area contributed by atoms with Crippen molar-refractivity contribution < 1.29 is 17.6 Å². The van der Waals surface area contributed by atoms with E-state index < -0.39 is 10.0 Å². The maximum atomic E-state index is 13.1. The van der Waals surface area contributed by atoms with Gasteiger partial charge in [-0.05, 0) is 36.4 Å².